The number of H-pyrrole nitrogens is 1. The van der Waals surface area contributed by atoms with E-state index in [2.05, 4.69) is 4.98 Å². The van der Waals surface area contributed by atoms with Gasteiger partial charge in [0.2, 0.25) is 5.78 Å². The molecule has 2 rings (SSSR count). The minimum atomic E-state index is -0.616. The normalized spacial score (nSPS) is 10.5. The first-order chi connectivity index (χ1) is 12.9. The van der Waals surface area contributed by atoms with E-state index in [4.69, 9.17) is 14.2 Å². The Labute approximate surface area is 157 Å². The van der Waals surface area contributed by atoms with Crippen LogP contribution in [0.4, 0.5) is 0 Å². The van der Waals surface area contributed by atoms with Crippen LogP contribution in [-0.4, -0.2) is 43.0 Å². The van der Waals surface area contributed by atoms with Crippen LogP contribution in [0.25, 0.3) is 0 Å². The zero-order chi connectivity index (χ0) is 20.0. The van der Waals surface area contributed by atoms with Crippen LogP contribution in [0.15, 0.2) is 24.3 Å². The van der Waals surface area contributed by atoms with Gasteiger partial charge in [0.05, 0.1) is 29.9 Å². The molecule has 0 radical (unpaired) electrons. The van der Waals surface area contributed by atoms with Crippen LogP contribution in [0.3, 0.4) is 0 Å². The van der Waals surface area contributed by atoms with Crippen molar-refractivity contribution in [1.29, 1.82) is 0 Å². The summed E-state index contributed by atoms with van der Waals surface area (Å²) in [5, 5.41) is 0. The lowest BCUT2D eigenvalue weighted by Gasteiger charge is -2.07. The largest absolute Gasteiger partial charge is 0.462 e. The summed E-state index contributed by atoms with van der Waals surface area (Å²) in [6.07, 6.45) is 0. The van der Waals surface area contributed by atoms with Gasteiger partial charge in [-0.05, 0) is 38.5 Å². The van der Waals surface area contributed by atoms with Gasteiger partial charge in [0.1, 0.15) is 0 Å². The smallest absolute Gasteiger partial charge is 0.340 e. The predicted octanol–water partition coefficient (Wildman–Crippen LogP) is 2.99. The number of Topliss-reactive ketones (excluding diaryl/α,β-unsaturated/α-hetero) is 1. The second-order valence-corrected chi connectivity index (χ2v) is 5.97. The summed E-state index contributed by atoms with van der Waals surface area (Å²) in [7, 11) is 1.59. The van der Waals surface area contributed by atoms with E-state index in [1.54, 1.807) is 52.1 Å². The first-order valence-electron chi connectivity index (χ1n) is 8.53. The van der Waals surface area contributed by atoms with Crippen molar-refractivity contribution in [2.24, 2.45) is 0 Å². The van der Waals surface area contributed by atoms with E-state index in [0.29, 0.717) is 23.6 Å². The van der Waals surface area contributed by atoms with E-state index in [1.165, 1.54) is 0 Å². The number of hydrogen-bond acceptors (Lipinski definition) is 6. The van der Waals surface area contributed by atoms with Gasteiger partial charge in [-0.25, -0.2) is 9.59 Å². The van der Waals surface area contributed by atoms with Gasteiger partial charge in [-0.1, -0.05) is 12.1 Å². The first-order valence-corrected chi connectivity index (χ1v) is 8.53. The highest BCUT2D eigenvalue weighted by molar-refractivity contribution is 6.09. The Kier molecular flexibility index (Phi) is 6.90. The first kappa shape index (κ1) is 20.4. The van der Waals surface area contributed by atoms with Crippen LogP contribution in [0.1, 0.15) is 54.9 Å². The molecule has 2 aromatic rings. The molecule has 1 N–H and O–H groups in total. The van der Waals surface area contributed by atoms with E-state index in [-0.39, 0.29) is 17.7 Å². The molecule has 0 aliphatic heterocycles. The molecular weight excluding hydrogens is 350 g/mol. The third-order valence-corrected chi connectivity index (χ3v) is 3.97. The monoisotopic (exact) mass is 373 g/mol. The van der Waals surface area contributed by atoms with Gasteiger partial charge in [0.25, 0.3) is 0 Å². The number of methoxy groups -OCH3 is 1. The van der Waals surface area contributed by atoms with Gasteiger partial charge in [-0.2, -0.15) is 0 Å². The second kappa shape index (κ2) is 9.14. The Morgan fingerprint density at radius 2 is 1.56 bits per heavy atom. The zero-order valence-corrected chi connectivity index (χ0v) is 15.9. The van der Waals surface area contributed by atoms with Gasteiger partial charge in [0.15, 0.2) is 6.61 Å². The van der Waals surface area contributed by atoms with E-state index in [0.717, 1.165) is 5.56 Å². The number of aromatic amines is 1. The maximum Gasteiger partial charge on any atom is 0.340 e. The van der Waals surface area contributed by atoms with Crippen LogP contribution < -0.4 is 0 Å². The summed E-state index contributed by atoms with van der Waals surface area (Å²) >= 11 is 0. The molecule has 0 saturated carbocycles. The number of carbonyl (C=O) groups is 3. The minimum absolute atomic E-state index is 0.180. The fourth-order valence-electron chi connectivity index (χ4n) is 2.78. The lowest BCUT2D eigenvalue weighted by Crippen LogP contribution is -2.18. The number of rotatable bonds is 8. The van der Waals surface area contributed by atoms with Crippen LogP contribution >= 0.6 is 0 Å². The van der Waals surface area contributed by atoms with Crippen molar-refractivity contribution in [1.82, 2.24) is 4.98 Å². The lowest BCUT2D eigenvalue weighted by molar-refractivity contribution is 0.0472. The van der Waals surface area contributed by atoms with E-state index in [9.17, 15) is 14.4 Å². The fraction of sp³-hybridized carbons (Fsp3) is 0.350. The summed E-state index contributed by atoms with van der Waals surface area (Å²) in [6.45, 7) is 5.22. The molecule has 0 spiro atoms. The molecule has 1 heterocycles. The molecule has 0 unspecified atom stereocenters. The molecule has 1 aromatic heterocycles. The number of ketones is 1. The Bertz CT molecular complexity index is 835. The van der Waals surface area contributed by atoms with Crippen LogP contribution in [0, 0.1) is 13.8 Å². The quantitative estimate of drug-likeness (QED) is 0.565. The Balaban J connectivity index is 2.09. The third-order valence-electron chi connectivity index (χ3n) is 3.97. The zero-order valence-electron chi connectivity index (χ0n) is 15.9. The van der Waals surface area contributed by atoms with E-state index >= 15 is 0 Å². The molecule has 7 nitrogen and oxygen atoms in total. The Morgan fingerprint density at radius 1 is 0.926 bits per heavy atom. The summed E-state index contributed by atoms with van der Waals surface area (Å²) in [6, 6.07) is 6.72. The van der Waals surface area contributed by atoms with Crippen molar-refractivity contribution in [3.05, 3.63) is 57.9 Å². The maximum absolute atomic E-state index is 12.6. The number of ether oxygens (including phenoxy) is 3. The lowest BCUT2D eigenvalue weighted by atomic mass is 10.1. The van der Waals surface area contributed by atoms with Crippen molar-refractivity contribution in [3.63, 3.8) is 0 Å². The molecule has 0 bridgehead atoms. The SMILES string of the molecule is CCOC(=O)c1c(C)[nH]c(C)c1C(=O)COC(=O)c1ccc(COC)cc1. The molecule has 27 heavy (non-hydrogen) atoms. The number of esters is 2. The molecule has 7 heteroatoms. The fourth-order valence-corrected chi connectivity index (χ4v) is 2.78. The van der Waals surface area contributed by atoms with Crippen molar-refractivity contribution in [2.45, 2.75) is 27.4 Å². The maximum atomic E-state index is 12.6. The Morgan fingerprint density at radius 3 is 2.15 bits per heavy atom. The molecule has 0 aliphatic rings. The summed E-state index contributed by atoms with van der Waals surface area (Å²) < 4.78 is 15.1. The summed E-state index contributed by atoms with van der Waals surface area (Å²) in [4.78, 5) is 39.8. The van der Waals surface area contributed by atoms with Crippen molar-refractivity contribution < 1.29 is 28.6 Å². The number of hydrogen-bond donors (Lipinski definition) is 1. The molecular formula is C20H23NO6. The third kappa shape index (κ3) is 4.83. The van der Waals surface area contributed by atoms with Crippen molar-refractivity contribution >= 4 is 17.7 Å². The van der Waals surface area contributed by atoms with Crippen LogP contribution in [-0.2, 0) is 20.8 Å². The van der Waals surface area contributed by atoms with Crippen LogP contribution in [0.5, 0.6) is 0 Å². The van der Waals surface area contributed by atoms with E-state index in [1.807, 2.05) is 0 Å². The highest BCUT2D eigenvalue weighted by Gasteiger charge is 2.26. The highest BCUT2D eigenvalue weighted by atomic mass is 16.5. The van der Waals surface area contributed by atoms with Gasteiger partial charge in [-0.15, -0.1) is 0 Å². The summed E-state index contributed by atoms with van der Waals surface area (Å²) in [5.74, 6) is -1.66. The molecule has 0 aliphatic carbocycles. The molecule has 0 fully saturated rings. The number of carbonyl (C=O) groups excluding carboxylic acids is 3. The molecule has 0 saturated heterocycles. The van der Waals surface area contributed by atoms with Crippen molar-refractivity contribution in [2.75, 3.05) is 20.3 Å². The predicted molar refractivity (Wildman–Crippen MR) is 98.0 cm³/mol. The molecule has 0 atom stereocenters. The number of aromatic nitrogens is 1. The Hall–Kier alpha value is -2.93. The van der Waals surface area contributed by atoms with Gasteiger partial charge in [-0.3, -0.25) is 4.79 Å². The topological polar surface area (TPSA) is 94.7 Å². The molecule has 0 amide bonds. The average molecular weight is 373 g/mol. The van der Waals surface area contributed by atoms with Crippen LogP contribution in [0.2, 0.25) is 0 Å². The highest BCUT2D eigenvalue weighted by Crippen LogP contribution is 2.20. The number of benzene rings is 1. The van der Waals surface area contributed by atoms with Crippen molar-refractivity contribution in [3.8, 4) is 0 Å². The molecule has 1 aromatic carbocycles. The van der Waals surface area contributed by atoms with Gasteiger partial charge >= 0.3 is 11.9 Å². The summed E-state index contributed by atoms with van der Waals surface area (Å²) in [5.41, 5.74) is 2.68. The second-order valence-electron chi connectivity index (χ2n) is 5.97. The van der Waals surface area contributed by atoms with Gasteiger partial charge in [0, 0.05) is 18.5 Å². The number of nitrogens with one attached hydrogen (secondary N) is 1. The number of aryl methyl sites for hydroxylation is 2. The average Bonchev–Trinajstić information content (AvgIpc) is 2.94. The minimum Gasteiger partial charge on any atom is -0.462 e. The standard InChI is InChI=1S/C20H23NO6/c1-5-26-20(24)18-13(3)21-12(2)17(18)16(22)11-27-19(23)15-8-6-14(7-9-15)10-25-4/h6-9,21H,5,10-11H2,1-4H3. The molecule has 144 valence electrons. The van der Waals surface area contributed by atoms with E-state index < -0.39 is 24.3 Å². The van der Waals surface area contributed by atoms with Gasteiger partial charge < -0.3 is 19.2 Å².